The minimum absolute atomic E-state index is 0.00616. The monoisotopic (exact) mass is 400 g/mol. The molecule has 150 valence electrons. The first-order valence-corrected chi connectivity index (χ1v) is 9.22. The van der Waals surface area contributed by atoms with Crippen LogP contribution < -0.4 is 15.6 Å². The number of nitrogens with zero attached hydrogens (tertiary/aromatic N) is 3. The molecule has 0 aliphatic carbocycles. The van der Waals surface area contributed by atoms with Crippen molar-refractivity contribution in [3.63, 3.8) is 0 Å². The summed E-state index contributed by atoms with van der Waals surface area (Å²) in [5.41, 5.74) is 1.38. The van der Waals surface area contributed by atoms with Crippen LogP contribution in [0.1, 0.15) is 16.7 Å². The van der Waals surface area contributed by atoms with Gasteiger partial charge in [0, 0.05) is 12.7 Å². The number of ether oxygens (including phenoxy) is 1. The van der Waals surface area contributed by atoms with Crippen LogP contribution in [0.3, 0.4) is 0 Å². The fourth-order valence-electron chi connectivity index (χ4n) is 2.82. The molecule has 0 saturated carbocycles. The molecule has 7 heteroatoms. The number of nitrogens with one attached hydrogen (secondary N) is 1. The highest BCUT2D eigenvalue weighted by molar-refractivity contribution is 6.02. The Labute approximate surface area is 173 Å². The van der Waals surface area contributed by atoms with Gasteiger partial charge < -0.3 is 10.1 Å². The summed E-state index contributed by atoms with van der Waals surface area (Å²) in [7, 11) is 0. The Morgan fingerprint density at radius 1 is 1.27 bits per heavy atom. The number of carbonyl (C=O) groups is 1. The number of benzene rings is 1. The summed E-state index contributed by atoms with van der Waals surface area (Å²) >= 11 is 0. The highest BCUT2D eigenvalue weighted by Gasteiger charge is 2.18. The average Bonchev–Trinajstić information content (AvgIpc) is 2.74. The van der Waals surface area contributed by atoms with Crippen molar-refractivity contribution in [3.8, 4) is 17.7 Å². The molecule has 3 rings (SSSR count). The number of para-hydroxylation sites is 1. The molecule has 7 nitrogen and oxygen atoms in total. The molecule has 0 atom stereocenters. The fraction of sp³-hybridized carbons (Fsp3) is 0.130. The molecule has 1 aromatic carbocycles. The summed E-state index contributed by atoms with van der Waals surface area (Å²) in [5, 5.41) is 12.0. The van der Waals surface area contributed by atoms with Gasteiger partial charge in [-0.15, -0.1) is 6.58 Å². The van der Waals surface area contributed by atoms with Gasteiger partial charge in [-0.3, -0.25) is 14.0 Å². The van der Waals surface area contributed by atoms with Crippen LogP contribution in [-0.4, -0.2) is 21.8 Å². The van der Waals surface area contributed by atoms with Crippen LogP contribution in [0, 0.1) is 25.2 Å². The first kappa shape index (κ1) is 20.6. The molecule has 1 amide bonds. The molecule has 0 unspecified atom stereocenters. The van der Waals surface area contributed by atoms with Crippen molar-refractivity contribution < 1.29 is 9.53 Å². The summed E-state index contributed by atoms with van der Waals surface area (Å²) in [5.74, 6) is -0.0764. The Bertz CT molecular complexity index is 1270. The molecule has 0 aliphatic heterocycles. The minimum Gasteiger partial charge on any atom is -0.438 e. The molecule has 0 spiro atoms. The Balaban J connectivity index is 2.24. The topological polar surface area (TPSA) is 96.5 Å². The van der Waals surface area contributed by atoms with Crippen LogP contribution in [0.15, 0.2) is 65.6 Å². The van der Waals surface area contributed by atoms with Crippen molar-refractivity contribution in [1.29, 1.82) is 5.26 Å². The normalized spacial score (nSPS) is 11.0. The molecular weight excluding hydrogens is 380 g/mol. The standard InChI is InChI=1S/C23H20N4O3/c1-4-11-25-21(28)17(14-24)13-18-22(30-19-10-6-5-8-15(19)2)26-20-16(3)9-7-12-27(20)23(18)29/h4-10,12-13H,1,11H2,2-3H3,(H,25,28)/b17-13+. The predicted octanol–water partition coefficient (Wildman–Crippen LogP) is 3.31. The van der Waals surface area contributed by atoms with Crippen molar-refractivity contribution >= 4 is 17.6 Å². The maximum absolute atomic E-state index is 13.2. The van der Waals surface area contributed by atoms with E-state index in [4.69, 9.17) is 4.74 Å². The van der Waals surface area contributed by atoms with Crippen LogP contribution in [0.5, 0.6) is 11.6 Å². The van der Waals surface area contributed by atoms with Gasteiger partial charge in [0.2, 0.25) is 5.88 Å². The lowest BCUT2D eigenvalue weighted by atomic mass is 10.1. The Morgan fingerprint density at radius 3 is 2.70 bits per heavy atom. The largest absolute Gasteiger partial charge is 0.438 e. The number of hydrogen-bond donors (Lipinski definition) is 1. The Kier molecular flexibility index (Phi) is 6.08. The van der Waals surface area contributed by atoms with E-state index in [1.165, 1.54) is 16.6 Å². The lowest BCUT2D eigenvalue weighted by Crippen LogP contribution is -2.25. The smallest absolute Gasteiger partial charge is 0.269 e. The van der Waals surface area contributed by atoms with E-state index in [2.05, 4.69) is 16.9 Å². The van der Waals surface area contributed by atoms with Crippen molar-refractivity contribution in [2.24, 2.45) is 0 Å². The quantitative estimate of drug-likeness (QED) is 0.389. The number of aryl methyl sites for hydroxylation is 2. The number of fused-ring (bicyclic) bond motifs is 1. The average molecular weight is 400 g/mol. The van der Waals surface area contributed by atoms with Crippen molar-refractivity contribution in [3.05, 3.63) is 87.9 Å². The summed E-state index contributed by atoms with van der Waals surface area (Å²) in [6.45, 7) is 7.42. The summed E-state index contributed by atoms with van der Waals surface area (Å²) < 4.78 is 7.33. The van der Waals surface area contributed by atoms with Gasteiger partial charge in [-0.05, 0) is 43.2 Å². The van der Waals surface area contributed by atoms with E-state index in [0.29, 0.717) is 11.4 Å². The molecule has 30 heavy (non-hydrogen) atoms. The maximum atomic E-state index is 13.2. The third-order valence-corrected chi connectivity index (χ3v) is 4.41. The number of nitriles is 1. The van der Waals surface area contributed by atoms with E-state index in [9.17, 15) is 14.9 Å². The first-order valence-electron chi connectivity index (χ1n) is 9.22. The van der Waals surface area contributed by atoms with Gasteiger partial charge in [-0.25, -0.2) is 0 Å². The first-order chi connectivity index (χ1) is 14.5. The van der Waals surface area contributed by atoms with E-state index in [1.807, 2.05) is 38.1 Å². The lowest BCUT2D eigenvalue weighted by molar-refractivity contribution is -0.116. The Morgan fingerprint density at radius 2 is 2.00 bits per heavy atom. The van der Waals surface area contributed by atoms with Crippen molar-refractivity contribution in [2.45, 2.75) is 13.8 Å². The van der Waals surface area contributed by atoms with Crippen LogP contribution in [-0.2, 0) is 4.79 Å². The second-order valence-corrected chi connectivity index (χ2v) is 6.56. The number of carbonyl (C=O) groups excluding carboxylic acids is 1. The number of hydrogen-bond acceptors (Lipinski definition) is 5. The number of rotatable bonds is 6. The third kappa shape index (κ3) is 4.13. The Hall–Kier alpha value is -4.18. The molecule has 0 aliphatic rings. The van der Waals surface area contributed by atoms with Crippen molar-refractivity contribution in [2.75, 3.05) is 6.54 Å². The van der Waals surface area contributed by atoms with E-state index < -0.39 is 11.5 Å². The van der Waals surface area contributed by atoms with E-state index in [1.54, 1.807) is 24.4 Å². The van der Waals surface area contributed by atoms with Gasteiger partial charge in [0.05, 0.1) is 0 Å². The van der Waals surface area contributed by atoms with Gasteiger partial charge in [0.25, 0.3) is 11.5 Å². The number of aromatic nitrogens is 2. The molecule has 0 fully saturated rings. The summed E-state index contributed by atoms with van der Waals surface area (Å²) in [6, 6.07) is 12.7. The van der Waals surface area contributed by atoms with Gasteiger partial charge >= 0.3 is 0 Å². The molecule has 3 aromatic rings. The predicted molar refractivity (Wildman–Crippen MR) is 114 cm³/mol. The molecule has 0 bridgehead atoms. The van der Waals surface area contributed by atoms with Crippen LogP contribution in [0.25, 0.3) is 11.7 Å². The molecular formula is C23H20N4O3. The highest BCUT2D eigenvalue weighted by Crippen LogP contribution is 2.27. The van der Waals surface area contributed by atoms with Gasteiger partial charge in [-0.2, -0.15) is 10.2 Å². The molecule has 1 N–H and O–H groups in total. The maximum Gasteiger partial charge on any atom is 0.269 e. The number of pyridine rings is 1. The van der Waals surface area contributed by atoms with Crippen molar-refractivity contribution in [1.82, 2.24) is 14.7 Å². The second kappa shape index (κ2) is 8.88. The van der Waals surface area contributed by atoms with Crippen LogP contribution in [0.4, 0.5) is 0 Å². The van der Waals surface area contributed by atoms with Crippen LogP contribution >= 0.6 is 0 Å². The zero-order chi connectivity index (χ0) is 21.7. The summed E-state index contributed by atoms with van der Waals surface area (Å²) in [6.07, 6.45) is 4.28. The number of amides is 1. The zero-order valence-electron chi connectivity index (χ0n) is 16.7. The minimum atomic E-state index is -0.618. The molecule has 0 saturated heterocycles. The third-order valence-electron chi connectivity index (χ3n) is 4.41. The van der Waals surface area contributed by atoms with E-state index >= 15 is 0 Å². The summed E-state index contributed by atoms with van der Waals surface area (Å²) in [4.78, 5) is 30.0. The van der Waals surface area contributed by atoms with Gasteiger partial charge in [-0.1, -0.05) is 30.3 Å². The lowest BCUT2D eigenvalue weighted by Gasteiger charge is -2.12. The van der Waals surface area contributed by atoms with Gasteiger partial charge in [0.1, 0.15) is 28.6 Å². The van der Waals surface area contributed by atoms with Crippen LogP contribution in [0.2, 0.25) is 0 Å². The van der Waals surface area contributed by atoms with E-state index in [0.717, 1.165) is 11.1 Å². The molecule has 2 heterocycles. The SMILES string of the molecule is C=CCNC(=O)/C(C#N)=C/c1c(Oc2ccccc2C)nc2c(C)cccn2c1=O. The molecule has 0 radical (unpaired) electrons. The highest BCUT2D eigenvalue weighted by atomic mass is 16.5. The van der Waals surface area contributed by atoms with E-state index in [-0.39, 0.29) is 23.6 Å². The zero-order valence-corrected chi connectivity index (χ0v) is 16.7. The second-order valence-electron chi connectivity index (χ2n) is 6.56. The molecule has 2 aromatic heterocycles. The fourth-order valence-corrected chi connectivity index (χ4v) is 2.82. The van der Waals surface area contributed by atoms with Gasteiger partial charge in [0.15, 0.2) is 0 Å².